The smallest absolute Gasteiger partial charge is 0.251 e. The number of carbonyl (C=O) groups is 2. The molecule has 0 fully saturated rings. The van der Waals surface area contributed by atoms with Gasteiger partial charge in [0.15, 0.2) is 5.16 Å². The van der Waals surface area contributed by atoms with Crippen LogP contribution in [0.3, 0.4) is 0 Å². The molecule has 1 aromatic heterocycles. The van der Waals surface area contributed by atoms with Gasteiger partial charge in [0.2, 0.25) is 5.91 Å². The normalized spacial score (nSPS) is 10.5. The molecule has 0 saturated heterocycles. The monoisotopic (exact) mass is 472 g/mol. The van der Waals surface area contributed by atoms with Crippen molar-refractivity contribution in [1.29, 1.82) is 0 Å². The molecule has 34 heavy (non-hydrogen) atoms. The zero-order valence-electron chi connectivity index (χ0n) is 18.6. The molecule has 0 aliphatic carbocycles. The van der Waals surface area contributed by atoms with E-state index in [2.05, 4.69) is 15.6 Å². The lowest BCUT2D eigenvalue weighted by Gasteiger charge is -2.10. The molecule has 4 aromatic rings. The fourth-order valence-electron chi connectivity index (χ4n) is 3.27. The van der Waals surface area contributed by atoms with Gasteiger partial charge in [0, 0.05) is 35.9 Å². The molecule has 0 aliphatic heterocycles. The summed E-state index contributed by atoms with van der Waals surface area (Å²) in [7, 11) is 1.60. The van der Waals surface area contributed by atoms with Gasteiger partial charge in [-0.25, -0.2) is 4.98 Å². The van der Waals surface area contributed by atoms with E-state index in [4.69, 9.17) is 4.74 Å². The Morgan fingerprint density at radius 3 is 2.56 bits per heavy atom. The molecule has 3 aromatic carbocycles. The summed E-state index contributed by atoms with van der Waals surface area (Å²) in [5.41, 5.74) is 3.08. The number of nitrogens with one attached hydrogen (secondary N) is 2. The van der Waals surface area contributed by atoms with Crippen LogP contribution in [0.5, 0.6) is 5.75 Å². The number of imidazole rings is 1. The van der Waals surface area contributed by atoms with Crippen LogP contribution in [0.1, 0.15) is 15.9 Å². The van der Waals surface area contributed by atoms with Crippen molar-refractivity contribution in [3.05, 3.63) is 102 Å². The van der Waals surface area contributed by atoms with Gasteiger partial charge in [0.1, 0.15) is 5.75 Å². The van der Waals surface area contributed by atoms with E-state index in [1.54, 1.807) is 43.6 Å². The Kier molecular flexibility index (Phi) is 7.62. The minimum Gasteiger partial charge on any atom is -0.497 e. The van der Waals surface area contributed by atoms with Gasteiger partial charge in [0.25, 0.3) is 5.91 Å². The van der Waals surface area contributed by atoms with Gasteiger partial charge in [0.05, 0.1) is 12.9 Å². The van der Waals surface area contributed by atoms with Crippen molar-refractivity contribution in [2.24, 2.45) is 0 Å². The topological polar surface area (TPSA) is 85.2 Å². The molecule has 0 atom stereocenters. The predicted octanol–water partition coefficient (Wildman–Crippen LogP) is 4.54. The fraction of sp³-hybridized carbons (Fsp3) is 0.115. The highest BCUT2D eigenvalue weighted by Gasteiger charge is 2.12. The van der Waals surface area contributed by atoms with Gasteiger partial charge in [-0.3, -0.25) is 14.2 Å². The van der Waals surface area contributed by atoms with Gasteiger partial charge in [-0.2, -0.15) is 0 Å². The second kappa shape index (κ2) is 11.2. The van der Waals surface area contributed by atoms with Crippen molar-refractivity contribution in [3.8, 4) is 11.4 Å². The molecule has 7 nitrogen and oxygen atoms in total. The van der Waals surface area contributed by atoms with Crippen LogP contribution in [-0.4, -0.2) is 34.2 Å². The third kappa shape index (κ3) is 6.05. The Morgan fingerprint density at radius 1 is 1.00 bits per heavy atom. The summed E-state index contributed by atoms with van der Waals surface area (Å²) in [5, 5.41) is 6.46. The molecular formula is C26H24N4O3S. The minimum atomic E-state index is -0.154. The number of hydrogen-bond donors (Lipinski definition) is 2. The molecule has 0 bridgehead atoms. The first-order chi connectivity index (χ1) is 16.6. The Morgan fingerprint density at radius 2 is 1.79 bits per heavy atom. The van der Waals surface area contributed by atoms with Crippen molar-refractivity contribution in [2.45, 2.75) is 11.7 Å². The molecule has 0 aliphatic rings. The third-order valence-corrected chi connectivity index (χ3v) is 5.96. The van der Waals surface area contributed by atoms with Crippen LogP contribution in [0.15, 0.2) is 96.4 Å². The quantitative estimate of drug-likeness (QED) is 0.349. The van der Waals surface area contributed by atoms with E-state index in [-0.39, 0.29) is 17.6 Å². The Labute approximate surface area is 202 Å². The van der Waals surface area contributed by atoms with Gasteiger partial charge >= 0.3 is 0 Å². The van der Waals surface area contributed by atoms with Crippen LogP contribution in [0.25, 0.3) is 5.69 Å². The van der Waals surface area contributed by atoms with E-state index in [0.29, 0.717) is 23.0 Å². The lowest BCUT2D eigenvalue weighted by atomic mass is 10.1. The molecule has 4 rings (SSSR count). The van der Waals surface area contributed by atoms with Crippen molar-refractivity contribution < 1.29 is 14.3 Å². The first kappa shape index (κ1) is 23.1. The van der Waals surface area contributed by atoms with Gasteiger partial charge in [-0.05, 0) is 48.0 Å². The average Bonchev–Trinajstić information content (AvgIpc) is 3.36. The number of carbonyl (C=O) groups excluding carboxylic acids is 2. The zero-order chi connectivity index (χ0) is 23.8. The molecule has 172 valence electrons. The standard InChI is InChI=1S/C26H24N4O3S/c1-33-23-12-10-21(11-13-23)29-24(31)18-34-26-27-14-15-30(26)22-9-5-8-20(16-22)25(32)28-17-19-6-3-2-4-7-19/h2-16H,17-18H2,1H3,(H,28,32)(H,29,31). The van der Waals surface area contributed by atoms with Crippen LogP contribution in [0.2, 0.25) is 0 Å². The number of thioether (sulfide) groups is 1. The number of aromatic nitrogens is 2. The summed E-state index contributed by atoms with van der Waals surface area (Å²) in [4.78, 5) is 29.4. The Bertz CT molecular complexity index is 1260. The van der Waals surface area contributed by atoms with Crippen LogP contribution in [0.4, 0.5) is 5.69 Å². The predicted molar refractivity (Wildman–Crippen MR) is 134 cm³/mol. The number of methoxy groups -OCH3 is 1. The lowest BCUT2D eigenvalue weighted by Crippen LogP contribution is -2.22. The number of benzene rings is 3. The molecule has 0 spiro atoms. The molecule has 0 saturated carbocycles. The van der Waals surface area contributed by atoms with E-state index in [1.807, 2.05) is 59.3 Å². The maximum Gasteiger partial charge on any atom is 0.251 e. The number of hydrogen-bond acceptors (Lipinski definition) is 5. The van der Waals surface area contributed by atoms with Crippen molar-refractivity contribution in [2.75, 3.05) is 18.2 Å². The summed E-state index contributed by atoms with van der Waals surface area (Å²) < 4.78 is 6.99. The zero-order valence-corrected chi connectivity index (χ0v) is 19.4. The van der Waals surface area contributed by atoms with Gasteiger partial charge in [-0.1, -0.05) is 48.2 Å². The Balaban J connectivity index is 1.37. The summed E-state index contributed by atoms with van der Waals surface area (Å²) in [6.45, 7) is 0.458. The average molecular weight is 473 g/mol. The number of rotatable bonds is 9. The van der Waals surface area contributed by atoms with E-state index in [1.165, 1.54) is 11.8 Å². The van der Waals surface area contributed by atoms with Gasteiger partial charge in [-0.15, -0.1) is 0 Å². The van der Waals surface area contributed by atoms with Crippen molar-refractivity contribution in [1.82, 2.24) is 14.9 Å². The maximum atomic E-state index is 12.7. The van der Waals surface area contributed by atoms with Gasteiger partial charge < -0.3 is 15.4 Å². The van der Waals surface area contributed by atoms with E-state index in [9.17, 15) is 9.59 Å². The Hall–Kier alpha value is -4.04. The van der Waals surface area contributed by atoms with Crippen molar-refractivity contribution >= 4 is 29.3 Å². The molecule has 2 amide bonds. The third-order valence-electron chi connectivity index (χ3n) is 5.00. The molecule has 0 unspecified atom stereocenters. The largest absolute Gasteiger partial charge is 0.497 e. The summed E-state index contributed by atoms with van der Waals surface area (Å²) in [6, 6.07) is 24.2. The molecule has 8 heteroatoms. The van der Waals surface area contributed by atoms with E-state index in [0.717, 1.165) is 17.0 Å². The van der Waals surface area contributed by atoms with Crippen LogP contribution < -0.4 is 15.4 Å². The summed E-state index contributed by atoms with van der Waals surface area (Å²) in [6.07, 6.45) is 3.48. The highest BCUT2D eigenvalue weighted by Crippen LogP contribution is 2.22. The first-order valence-electron chi connectivity index (χ1n) is 10.6. The number of anilines is 1. The van der Waals surface area contributed by atoms with Crippen molar-refractivity contribution in [3.63, 3.8) is 0 Å². The maximum absolute atomic E-state index is 12.7. The fourth-order valence-corrected chi connectivity index (χ4v) is 4.04. The second-order valence-electron chi connectivity index (χ2n) is 7.36. The van der Waals surface area contributed by atoms with Crippen LogP contribution >= 0.6 is 11.8 Å². The number of nitrogens with zero attached hydrogens (tertiary/aromatic N) is 2. The highest BCUT2D eigenvalue weighted by molar-refractivity contribution is 7.99. The molecular weight excluding hydrogens is 448 g/mol. The summed E-state index contributed by atoms with van der Waals surface area (Å²) in [5.74, 6) is 0.628. The molecule has 0 radical (unpaired) electrons. The van der Waals surface area contributed by atoms with E-state index < -0.39 is 0 Å². The second-order valence-corrected chi connectivity index (χ2v) is 8.31. The SMILES string of the molecule is COc1ccc(NC(=O)CSc2nccn2-c2cccc(C(=O)NCc3ccccc3)c2)cc1. The highest BCUT2D eigenvalue weighted by atomic mass is 32.2. The van der Waals surface area contributed by atoms with Crippen LogP contribution in [-0.2, 0) is 11.3 Å². The summed E-state index contributed by atoms with van der Waals surface area (Å²) >= 11 is 1.32. The molecule has 1 heterocycles. The van der Waals surface area contributed by atoms with E-state index >= 15 is 0 Å². The first-order valence-corrected chi connectivity index (χ1v) is 11.6. The number of ether oxygens (including phenoxy) is 1. The lowest BCUT2D eigenvalue weighted by molar-refractivity contribution is -0.113. The van der Waals surface area contributed by atoms with Crippen LogP contribution in [0, 0.1) is 0 Å². The minimum absolute atomic E-state index is 0.140. The molecule has 2 N–H and O–H groups in total. The number of amides is 2.